The topological polar surface area (TPSA) is 136 Å². The Morgan fingerprint density at radius 3 is 2.80 bits per heavy atom. The number of carbonyl (C=O) groups excluding carboxylic acids is 1. The van der Waals surface area contributed by atoms with E-state index in [1.165, 1.54) is 30.5 Å². The number of aliphatic hydroxyl groups excluding tert-OH is 1. The summed E-state index contributed by atoms with van der Waals surface area (Å²) < 4.78 is 10.3. The molecule has 128 valence electrons. The summed E-state index contributed by atoms with van der Waals surface area (Å²) in [6.07, 6.45) is 2.44. The number of aliphatic hydroxyl groups is 1. The summed E-state index contributed by atoms with van der Waals surface area (Å²) in [5.74, 6) is 0.0988. The van der Waals surface area contributed by atoms with E-state index in [0.717, 1.165) is 6.21 Å². The zero-order valence-corrected chi connectivity index (χ0v) is 12.7. The second-order valence-corrected chi connectivity index (χ2v) is 4.92. The molecule has 0 unspecified atom stereocenters. The van der Waals surface area contributed by atoms with Gasteiger partial charge in [-0.25, -0.2) is 5.43 Å². The number of pyridine rings is 1. The van der Waals surface area contributed by atoms with Crippen LogP contribution >= 0.6 is 0 Å². The summed E-state index contributed by atoms with van der Waals surface area (Å²) in [6, 6.07) is 5.63. The van der Waals surface area contributed by atoms with Crippen LogP contribution in [0.4, 0.5) is 5.69 Å². The fourth-order valence-electron chi connectivity index (χ4n) is 2.09. The first-order valence-corrected chi connectivity index (χ1v) is 7.05. The maximum Gasteiger partial charge on any atom is 0.282 e. The number of fused-ring (bicyclic) bond motifs is 1. The molecule has 1 aliphatic heterocycles. The molecule has 2 heterocycles. The van der Waals surface area contributed by atoms with E-state index in [-0.39, 0.29) is 36.0 Å². The lowest BCUT2D eigenvalue weighted by Crippen LogP contribution is -2.18. The molecule has 0 bridgehead atoms. The van der Waals surface area contributed by atoms with Gasteiger partial charge in [0.2, 0.25) is 6.79 Å². The third kappa shape index (κ3) is 3.53. The van der Waals surface area contributed by atoms with E-state index in [2.05, 4.69) is 15.5 Å². The predicted molar refractivity (Wildman–Crippen MR) is 84.4 cm³/mol. The third-order valence-electron chi connectivity index (χ3n) is 3.34. The number of benzene rings is 1. The van der Waals surface area contributed by atoms with Crippen molar-refractivity contribution in [1.29, 1.82) is 0 Å². The minimum atomic E-state index is -0.581. The van der Waals surface area contributed by atoms with Gasteiger partial charge in [-0.3, -0.25) is 19.9 Å². The van der Waals surface area contributed by atoms with Crippen LogP contribution in [0.5, 0.6) is 11.5 Å². The average Bonchev–Trinajstić information content (AvgIpc) is 3.08. The molecule has 0 radical (unpaired) electrons. The molecule has 2 N–H and O–H groups in total. The highest BCUT2D eigenvalue weighted by molar-refractivity contribution is 5.95. The average molecular weight is 344 g/mol. The molecule has 0 saturated carbocycles. The van der Waals surface area contributed by atoms with E-state index >= 15 is 0 Å². The third-order valence-corrected chi connectivity index (χ3v) is 3.34. The minimum absolute atomic E-state index is 0.0132. The van der Waals surface area contributed by atoms with Gasteiger partial charge in [-0.05, 0) is 18.2 Å². The van der Waals surface area contributed by atoms with Crippen LogP contribution in [-0.4, -0.2) is 33.9 Å². The molecule has 0 aliphatic carbocycles. The predicted octanol–water partition coefficient (Wildman–Crippen LogP) is 0.975. The number of nitro groups is 1. The van der Waals surface area contributed by atoms with E-state index in [0.29, 0.717) is 11.4 Å². The highest BCUT2D eigenvalue weighted by Gasteiger charge is 2.22. The molecule has 3 rings (SSSR count). The number of amides is 1. The fourth-order valence-corrected chi connectivity index (χ4v) is 2.09. The van der Waals surface area contributed by atoms with Crippen LogP contribution in [0.15, 0.2) is 35.6 Å². The van der Waals surface area contributed by atoms with Crippen molar-refractivity contribution in [3.8, 4) is 11.5 Å². The number of ether oxygens (including phenoxy) is 2. The first-order valence-electron chi connectivity index (χ1n) is 7.05. The molecule has 0 atom stereocenters. The number of carbonyl (C=O) groups is 1. The Bertz CT molecular complexity index is 850. The molecule has 1 amide bonds. The summed E-state index contributed by atoms with van der Waals surface area (Å²) in [5, 5.41) is 23.8. The molecule has 1 aromatic carbocycles. The van der Waals surface area contributed by atoms with Gasteiger partial charge in [0, 0.05) is 6.20 Å². The summed E-state index contributed by atoms with van der Waals surface area (Å²) in [4.78, 5) is 26.4. The lowest BCUT2D eigenvalue weighted by Gasteiger charge is -2.02. The minimum Gasteiger partial charge on any atom is -0.454 e. The normalized spacial score (nSPS) is 12.4. The Balaban J connectivity index is 1.75. The van der Waals surface area contributed by atoms with Gasteiger partial charge in [0.25, 0.3) is 11.6 Å². The molecule has 0 fully saturated rings. The summed E-state index contributed by atoms with van der Waals surface area (Å²) in [5.41, 5.74) is 2.84. The van der Waals surface area contributed by atoms with Crippen LogP contribution in [0.1, 0.15) is 21.6 Å². The lowest BCUT2D eigenvalue weighted by atomic mass is 10.1. The van der Waals surface area contributed by atoms with Gasteiger partial charge in [-0.15, -0.1) is 0 Å². The van der Waals surface area contributed by atoms with E-state index in [9.17, 15) is 14.9 Å². The SMILES string of the molecule is O=C(N/N=C/c1cc2c(cc1[N+](=O)[O-])OCO2)c1ccc(CO)nc1. The Morgan fingerprint density at radius 2 is 2.16 bits per heavy atom. The lowest BCUT2D eigenvalue weighted by molar-refractivity contribution is -0.385. The molecule has 10 nitrogen and oxygen atoms in total. The van der Waals surface area contributed by atoms with Crippen LogP contribution in [0.2, 0.25) is 0 Å². The van der Waals surface area contributed by atoms with Crippen molar-refractivity contribution < 1.29 is 24.3 Å². The van der Waals surface area contributed by atoms with Crippen LogP contribution < -0.4 is 14.9 Å². The van der Waals surface area contributed by atoms with Crippen molar-refractivity contribution in [3.63, 3.8) is 0 Å². The molecular weight excluding hydrogens is 332 g/mol. The quantitative estimate of drug-likeness (QED) is 0.468. The van der Waals surface area contributed by atoms with E-state index in [1.807, 2.05) is 0 Å². The number of nitrogens with zero attached hydrogens (tertiary/aromatic N) is 3. The second kappa shape index (κ2) is 6.93. The number of hydrogen-bond acceptors (Lipinski definition) is 8. The fraction of sp³-hybridized carbons (Fsp3) is 0.133. The largest absolute Gasteiger partial charge is 0.454 e. The number of rotatable bonds is 5. The number of nitro benzene ring substituents is 1. The van der Waals surface area contributed by atoms with Gasteiger partial charge < -0.3 is 14.6 Å². The number of hydrazone groups is 1. The van der Waals surface area contributed by atoms with Gasteiger partial charge in [0.15, 0.2) is 11.5 Å². The van der Waals surface area contributed by atoms with Crippen molar-refractivity contribution in [3.05, 3.63) is 57.4 Å². The molecule has 2 aromatic rings. The first kappa shape index (κ1) is 16.3. The Morgan fingerprint density at radius 1 is 1.40 bits per heavy atom. The Hall–Kier alpha value is -3.53. The van der Waals surface area contributed by atoms with Gasteiger partial charge >= 0.3 is 0 Å². The van der Waals surface area contributed by atoms with Gasteiger partial charge in [-0.1, -0.05) is 0 Å². The molecule has 0 spiro atoms. The Kier molecular flexibility index (Phi) is 4.53. The summed E-state index contributed by atoms with van der Waals surface area (Å²) in [6.45, 7) is -0.242. The zero-order chi connectivity index (χ0) is 17.8. The second-order valence-electron chi connectivity index (χ2n) is 4.92. The maximum atomic E-state index is 11.9. The van der Waals surface area contributed by atoms with Crippen LogP contribution in [0.3, 0.4) is 0 Å². The van der Waals surface area contributed by atoms with Gasteiger partial charge in [0.1, 0.15) is 0 Å². The number of hydrogen-bond donors (Lipinski definition) is 2. The van der Waals surface area contributed by atoms with Crippen molar-refractivity contribution in [1.82, 2.24) is 10.4 Å². The maximum absolute atomic E-state index is 11.9. The first-order chi connectivity index (χ1) is 12.1. The standard InChI is InChI=1S/C15H12N4O6/c20-7-11-2-1-9(5-16-11)15(21)18-17-6-10-3-13-14(25-8-24-13)4-12(10)19(22)23/h1-6,20H,7-8H2,(H,18,21)/b17-6+. The Labute approximate surface area is 140 Å². The van der Waals surface area contributed by atoms with Crippen LogP contribution in [0, 0.1) is 10.1 Å². The number of aromatic nitrogens is 1. The van der Waals surface area contributed by atoms with E-state index < -0.39 is 10.8 Å². The number of nitrogens with one attached hydrogen (secondary N) is 1. The molecule has 1 aromatic heterocycles. The highest BCUT2D eigenvalue weighted by atomic mass is 16.7. The molecular formula is C15H12N4O6. The van der Waals surface area contributed by atoms with Gasteiger partial charge in [0.05, 0.1) is 40.6 Å². The molecule has 10 heteroatoms. The monoisotopic (exact) mass is 344 g/mol. The van der Waals surface area contributed by atoms with Crippen molar-refractivity contribution in [2.45, 2.75) is 6.61 Å². The summed E-state index contributed by atoms with van der Waals surface area (Å²) >= 11 is 0. The molecule has 1 aliphatic rings. The highest BCUT2D eigenvalue weighted by Crippen LogP contribution is 2.37. The van der Waals surface area contributed by atoms with Gasteiger partial charge in [-0.2, -0.15) is 5.10 Å². The molecule has 0 saturated heterocycles. The van der Waals surface area contributed by atoms with Crippen molar-refractivity contribution >= 4 is 17.8 Å². The van der Waals surface area contributed by atoms with Crippen molar-refractivity contribution in [2.24, 2.45) is 5.10 Å². The molecule has 25 heavy (non-hydrogen) atoms. The van der Waals surface area contributed by atoms with E-state index in [1.54, 1.807) is 0 Å². The van der Waals surface area contributed by atoms with E-state index in [4.69, 9.17) is 14.6 Å². The van der Waals surface area contributed by atoms with Crippen LogP contribution in [-0.2, 0) is 6.61 Å². The van der Waals surface area contributed by atoms with Crippen LogP contribution in [0.25, 0.3) is 0 Å². The summed E-state index contributed by atoms with van der Waals surface area (Å²) in [7, 11) is 0. The smallest absolute Gasteiger partial charge is 0.282 e. The zero-order valence-electron chi connectivity index (χ0n) is 12.7. The van der Waals surface area contributed by atoms with Crippen molar-refractivity contribution in [2.75, 3.05) is 6.79 Å².